The second-order valence-electron chi connectivity index (χ2n) is 5.18. The average Bonchev–Trinajstić information content (AvgIpc) is 2.74. The van der Waals surface area contributed by atoms with Crippen molar-refractivity contribution in [2.24, 2.45) is 5.92 Å². The van der Waals surface area contributed by atoms with Crippen LogP contribution in [0.1, 0.15) is 42.1 Å². The molecule has 0 bridgehead atoms. The van der Waals surface area contributed by atoms with Crippen molar-refractivity contribution in [2.45, 2.75) is 38.4 Å². The first-order chi connectivity index (χ1) is 9.29. The summed E-state index contributed by atoms with van der Waals surface area (Å²) in [6, 6.07) is 3.60. The van der Waals surface area contributed by atoms with Gasteiger partial charge in [0.05, 0.1) is 5.56 Å². The fourth-order valence-electron chi connectivity index (χ4n) is 2.50. The Morgan fingerprint density at radius 3 is 2.60 bits per heavy atom. The van der Waals surface area contributed by atoms with E-state index in [9.17, 15) is 18.0 Å². The average molecular weight is 350 g/mol. The number of rotatable bonds is 2. The Morgan fingerprint density at radius 1 is 1.35 bits per heavy atom. The van der Waals surface area contributed by atoms with Crippen molar-refractivity contribution in [3.8, 4) is 0 Å². The third-order valence-corrected chi connectivity index (χ3v) is 4.40. The van der Waals surface area contributed by atoms with Crippen LogP contribution in [0.5, 0.6) is 0 Å². The molecule has 20 heavy (non-hydrogen) atoms. The van der Waals surface area contributed by atoms with Gasteiger partial charge in [0.1, 0.15) is 0 Å². The first-order valence-corrected chi connectivity index (χ1v) is 7.26. The third-order valence-electron chi connectivity index (χ3n) is 3.71. The number of hydrogen-bond donors (Lipinski definition) is 1. The summed E-state index contributed by atoms with van der Waals surface area (Å²) < 4.78 is 38.3. The molecule has 1 aromatic carbocycles. The van der Waals surface area contributed by atoms with E-state index in [2.05, 4.69) is 21.2 Å². The summed E-state index contributed by atoms with van der Waals surface area (Å²) in [7, 11) is 0. The van der Waals surface area contributed by atoms with Crippen LogP contribution in [0, 0.1) is 5.92 Å². The summed E-state index contributed by atoms with van der Waals surface area (Å²) in [6.45, 7) is 2.04. The fourth-order valence-corrected chi connectivity index (χ4v) is 2.97. The standard InChI is InChI=1S/C14H15BrF3NO/c1-8-3-2-4-12(8)19-13(20)9-5-6-11(15)10(7-9)14(16,17)18/h5-8,12H,2-4H2,1H3,(H,19,20). The van der Waals surface area contributed by atoms with Crippen LogP contribution in [0.15, 0.2) is 22.7 Å². The van der Waals surface area contributed by atoms with Gasteiger partial charge in [-0.05, 0) is 37.0 Å². The van der Waals surface area contributed by atoms with Crippen molar-refractivity contribution in [1.29, 1.82) is 0 Å². The van der Waals surface area contributed by atoms with E-state index in [0.717, 1.165) is 25.3 Å². The van der Waals surface area contributed by atoms with Gasteiger partial charge in [0.15, 0.2) is 0 Å². The zero-order chi connectivity index (χ0) is 14.9. The van der Waals surface area contributed by atoms with E-state index in [1.54, 1.807) is 0 Å². The summed E-state index contributed by atoms with van der Waals surface area (Å²) >= 11 is 2.86. The highest BCUT2D eigenvalue weighted by Gasteiger charge is 2.34. The molecule has 2 unspecified atom stereocenters. The Morgan fingerprint density at radius 2 is 2.05 bits per heavy atom. The van der Waals surface area contributed by atoms with Gasteiger partial charge in [-0.15, -0.1) is 0 Å². The van der Waals surface area contributed by atoms with Gasteiger partial charge >= 0.3 is 6.18 Å². The first kappa shape index (κ1) is 15.4. The summed E-state index contributed by atoms with van der Waals surface area (Å²) in [4.78, 5) is 12.0. The molecule has 110 valence electrons. The van der Waals surface area contributed by atoms with E-state index in [1.807, 2.05) is 6.92 Å². The monoisotopic (exact) mass is 349 g/mol. The lowest BCUT2D eigenvalue weighted by atomic mass is 10.1. The summed E-state index contributed by atoms with van der Waals surface area (Å²) in [5.41, 5.74) is -0.788. The van der Waals surface area contributed by atoms with E-state index >= 15 is 0 Å². The zero-order valence-corrected chi connectivity index (χ0v) is 12.5. The number of halogens is 4. The molecule has 1 amide bonds. The normalized spacial score (nSPS) is 22.9. The second-order valence-corrected chi connectivity index (χ2v) is 6.03. The maximum Gasteiger partial charge on any atom is 0.417 e. The molecule has 1 fully saturated rings. The quantitative estimate of drug-likeness (QED) is 0.842. The third kappa shape index (κ3) is 3.34. The number of carbonyl (C=O) groups excluding carboxylic acids is 1. The summed E-state index contributed by atoms with van der Waals surface area (Å²) in [5.74, 6) is -0.0711. The van der Waals surface area contributed by atoms with Gasteiger partial charge in [-0.1, -0.05) is 29.3 Å². The van der Waals surface area contributed by atoms with Gasteiger partial charge < -0.3 is 5.32 Å². The molecule has 0 saturated heterocycles. The van der Waals surface area contributed by atoms with E-state index in [0.29, 0.717) is 5.92 Å². The van der Waals surface area contributed by atoms with Crippen molar-refractivity contribution in [3.05, 3.63) is 33.8 Å². The zero-order valence-electron chi connectivity index (χ0n) is 10.9. The number of benzene rings is 1. The van der Waals surface area contributed by atoms with Crippen LogP contribution in [0.2, 0.25) is 0 Å². The molecule has 1 saturated carbocycles. The lowest BCUT2D eigenvalue weighted by Crippen LogP contribution is -2.36. The Hall–Kier alpha value is -1.04. The van der Waals surface area contributed by atoms with Crippen LogP contribution in [0.3, 0.4) is 0 Å². The van der Waals surface area contributed by atoms with E-state index in [1.165, 1.54) is 12.1 Å². The van der Waals surface area contributed by atoms with Gasteiger partial charge in [-0.25, -0.2) is 0 Å². The molecular weight excluding hydrogens is 335 g/mol. The van der Waals surface area contributed by atoms with Crippen LogP contribution >= 0.6 is 15.9 Å². The number of amides is 1. The van der Waals surface area contributed by atoms with E-state index in [4.69, 9.17) is 0 Å². The fraction of sp³-hybridized carbons (Fsp3) is 0.500. The maximum absolute atomic E-state index is 12.8. The van der Waals surface area contributed by atoms with Crippen LogP contribution < -0.4 is 5.32 Å². The van der Waals surface area contributed by atoms with Crippen molar-refractivity contribution in [3.63, 3.8) is 0 Å². The smallest absolute Gasteiger partial charge is 0.349 e. The van der Waals surface area contributed by atoms with Gasteiger partial charge in [0, 0.05) is 16.1 Å². The maximum atomic E-state index is 12.8. The summed E-state index contributed by atoms with van der Waals surface area (Å²) in [6.07, 6.45) is -1.51. The molecule has 0 aromatic heterocycles. The van der Waals surface area contributed by atoms with Crippen molar-refractivity contribution >= 4 is 21.8 Å². The molecular formula is C14H15BrF3NO. The van der Waals surface area contributed by atoms with Gasteiger partial charge in [0.25, 0.3) is 5.91 Å². The Bertz CT molecular complexity index is 516. The van der Waals surface area contributed by atoms with Gasteiger partial charge in [-0.3, -0.25) is 4.79 Å². The van der Waals surface area contributed by atoms with E-state index < -0.39 is 17.6 Å². The SMILES string of the molecule is CC1CCCC1NC(=O)c1ccc(Br)c(C(F)(F)F)c1. The van der Waals surface area contributed by atoms with Crippen molar-refractivity contribution in [2.75, 3.05) is 0 Å². The highest BCUT2D eigenvalue weighted by molar-refractivity contribution is 9.10. The van der Waals surface area contributed by atoms with Gasteiger partial charge in [0.2, 0.25) is 0 Å². The number of hydrogen-bond acceptors (Lipinski definition) is 1. The number of carbonyl (C=O) groups is 1. The molecule has 1 aromatic rings. The molecule has 1 N–H and O–H groups in total. The number of alkyl halides is 3. The molecule has 0 aliphatic heterocycles. The highest BCUT2D eigenvalue weighted by atomic mass is 79.9. The Labute approximate surface area is 123 Å². The molecule has 2 atom stereocenters. The lowest BCUT2D eigenvalue weighted by molar-refractivity contribution is -0.138. The summed E-state index contributed by atoms with van der Waals surface area (Å²) in [5, 5.41) is 2.82. The molecule has 0 spiro atoms. The number of nitrogens with one attached hydrogen (secondary N) is 1. The second kappa shape index (κ2) is 5.76. The largest absolute Gasteiger partial charge is 0.417 e. The molecule has 0 radical (unpaired) electrons. The molecule has 1 aliphatic rings. The van der Waals surface area contributed by atoms with Crippen LogP contribution in [-0.4, -0.2) is 11.9 Å². The Kier molecular flexibility index (Phi) is 4.42. The Balaban J connectivity index is 2.18. The first-order valence-electron chi connectivity index (χ1n) is 6.46. The molecule has 1 aliphatic carbocycles. The molecule has 2 rings (SSSR count). The van der Waals surface area contributed by atoms with E-state index in [-0.39, 0.29) is 16.1 Å². The van der Waals surface area contributed by atoms with Crippen molar-refractivity contribution < 1.29 is 18.0 Å². The van der Waals surface area contributed by atoms with Crippen molar-refractivity contribution in [1.82, 2.24) is 5.32 Å². The molecule has 6 heteroatoms. The lowest BCUT2D eigenvalue weighted by Gasteiger charge is -2.18. The van der Waals surface area contributed by atoms with Gasteiger partial charge in [-0.2, -0.15) is 13.2 Å². The topological polar surface area (TPSA) is 29.1 Å². The highest BCUT2D eigenvalue weighted by Crippen LogP contribution is 2.35. The molecule has 2 nitrogen and oxygen atoms in total. The van der Waals surface area contributed by atoms with Crippen LogP contribution in [-0.2, 0) is 6.18 Å². The minimum Gasteiger partial charge on any atom is -0.349 e. The van der Waals surface area contributed by atoms with Crippen LogP contribution in [0.25, 0.3) is 0 Å². The molecule has 0 heterocycles. The predicted molar refractivity (Wildman–Crippen MR) is 73.4 cm³/mol. The minimum absolute atomic E-state index is 0.0413. The minimum atomic E-state index is -4.48. The van der Waals surface area contributed by atoms with Crippen LogP contribution in [0.4, 0.5) is 13.2 Å². The predicted octanol–water partition coefficient (Wildman–Crippen LogP) is 4.39.